The molecule has 0 bridgehead atoms. The van der Waals surface area contributed by atoms with Crippen LogP contribution in [0.1, 0.15) is 94.4 Å². The van der Waals surface area contributed by atoms with Gasteiger partial charge in [0.25, 0.3) is 0 Å². The summed E-state index contributed by atoms with van der Waals surface area (Å²) in [6.07, 6.45) is 10.9. The third-order valence-electron chi connectivity index (χ3n) is 8.42. The summed E-state index contributed by atoms with van der Waals surface area (Å²) in [6.45, 7) is 17.6. The predicted molar refractivity (Wildman–Crippen MR) is 158 cm³/mol. The summed E-state index contributed by atoms with van der Waals surface area (Å²) >= 11 is 0. The minimum absolute atomic E-state index is 0. The van der Waals surface area contributed by atoms with Crippen LogP contribution in [0.5, 0.6) is 0 Å². The molecule has 0 aromatic rings. The Morgan fingerprint density at radius 1 is 1.19 bits per heavy atom. The van der Waals surface area contributed by atoms with Crippen molar-refractivity contribution in [1.82, 2.24) is 0 Å². The van der Waals surface area contributed by atoms with E-state index in [1.165, 1.54) is 6.92 Å². The molecule has 1 N–H and O–H groups in total. The Morgan fingerprint density at radius 3 is 2.45 bits per heavy atom. The van der Waals surface area contributed by atoms with E-state index in [1.54, 1.807) is 6.08 Å². The van der Waals surface area contributed by atoms with Crippen LogP contribution >= 0.6 is 0 Å². The molecule has 0 aromatic heterocycles. The monoisotopic (exact) mass is 843 g/mol. The van der Waals surface area contributed by atoms with Gasteiger partial charge in [-0.3, -0.25) is 9.59 Å². The first-order valence-electron chi connectivity index (χ1n) is 15.1. The molecule has 9 heteroatoms. The zero-order valence-electron chi connectivity index (χ0n) is 27.1. The molecule has 2 heterocycles. The van der Waals surface area contributed by atoms with Crippen molar-refractivity contribution in [3.8, 4) is 0 Å². The van der Waals surface area contributed by atoms with E-state index in [9.17, 15) is 19.5 Å². The molecule has 0 radical (unpaired) electrons. The minimum Gasteiger partial charge on any atom is -0.462 e. The van der Waals surface area contributed by atoms with Crippen LogP contribution in [0.4, 0.5) is 4.79 Å². The van der Waals surface area contributed by atoms with E-state index in [2.05, 4.69) is 19.9 Å². The predicted octanol–water partition coefficient (Wildman–Crippen LogP) is 7.27. The van der Waals surface area contributed by atoms with Crippen LogP contribution in [0.25, 0.3) is 0 Å². The van der Waals surface area contributed by atoms with Crippen molar-refractivity contribution in [2.24, 2.45) is 29.1 Å². The Hall–Kier alpha value is -3.61. The summed E-state index contributed by atoms with van der Waals surface area (Å²) in [4.78, 5) is 35.6. The molecule has 0 aromatic carbocycles. The summed E-state index contributed by atoms with van der Waals surface area (Å²) < 4.78 is 22.6. The first-order chi connectivity index (χ1) is 19.1. The molecule has 2 rings (SSSR count). The molecule has 2 aliphatic heterocycles. The number of hydrogen-bond acceptors (Lipinski definition) is 7. The molecule has 42 heavy (non-hydrogen) atoms. The number of hydrogen-bond donors (Lipinski definition) is 1. The molecule has 0 aliphatic carbocycles. The summed E-state index contributed by atoms with van der Waals surface area (Å²) in [5.74, 6) is -0.154. The maximum atomic E-state index is 12.8. The average Bonchev–Trinajstić information content (AvgIpc) is 3.64. The SMILES string of the molecule is CCC(OC(C)=O)C(C)C1OC1CC(C)/C=C/C=C(\C)C1OC(=O)CC(C)CCC(C)(C)C(OC(=O)O)/C=C/C1C.[Rf]. The molecule has 234 valence electrons. The van der Waals surface area contributed by atoms with Gasteiger partial charge in [0.2, 0.25) is 0 Å². The number of epoxide rings is 1. The van der Waals surface area contributed by atoms with Crippen LogP contribution in [0.15, 0.2) is 36.0 Å². The van der Waals surface area contributed by atoms with Crippen LogP contribution in [-0.2, 0) is 28.5 Å². The smallest absolute Gasteiger partial charge is 0.462 e. The second-order valence-corrected chi connectivity index (χ2v) is 12.9. The van der Waals surface area contributed by atoms with Gasteiger partial charge in [0.1, 0.15) is 18.3 Å². The molecule has 1 saturated heterocycles. The Kier molecular flexibility index (Phi) is 14.0. The molecule has 2 aliphatic rings. The average molecular weight is 844 g/mol. The van der Waals surface area contributed by atoms with Gasteiger partial charge in [-0.2, -0.15) is 0 Å². The first-order valence-corrected chi connectivity index (χ1v) is 15.1. The molecule has 0 amide bonds. The number of carbonyl (C=O) groups is 3. The third kappa shape index (κ3) is 11.3. The van der Waals surface area contributed by atoms with E-state index in [0.29, 0.717) is 6.42 Å². The van der Waals surface area contributed by atoms with E-state index < -0.39 is 23.8 Å². The molecule has 0 saturated carbocycles. The fourth-order valence-electron chi connectivity index (χ4n) is 5.63. The number of carboxylic acid groups (broad SMARTS) is 1. The standard InChI is InChI=1S/C33H52O8.Rf/c1-10-26(38-25(7)34)24(6)31-27(39-31)18-20(2)12-11-13-22(4)30-23(5)14-15-28(40-32(36)37)33(8,9)17-16-21(3)19-29(35)41-30;/h11-15,20-21,23-24,26-28,30-31H,10,16-19H2,1-9H3,(H,36,37);/b12-11+,15-14+,22-13+;. The number of rotatable bonds is 10. The summed E-state index contributed by atoms with van der Waals surface area (Å²) in [7, 11) is 0. The number of ether oxygens (including phenoxy) is 4. The summed E-state index contributed by atoms with van der Waals surface area (Å²) in [5.41, 5.74) is 0.491. The van der Waals surface area contributed by atoms with Crippen molar-refractivity contribution >= 4 is 18.1 Å². The van der Waals surface area contributed by atoms with Crippen LogP contribution in [-0.4, -0.2) is 53.7 Å². The zero-order valence-corrected chi connectivity index (χ0v) is 33.5. The van der Waals surface area contributed by atoms with Crippen LogP contribution in [0, 0.1) is 29.1 Å². The minimum atomic E-state index is -1.30. The van der Waals surface area contributed by atoms with Gasteiger partial charge in [0, 0.05) is 30.6 Å². The largest absolute Gasteiger partial charge is 0.506 e. The topological polar surface area (TPSA) is 112 Å². The van der Waals surface area contributed by atoms with E-state index >= 15 is 0 Å². The van der Waals surface area contributed by atoms with E-state index in [4.69, 9.17) is 18.9 Å². The molecule has 0 spiro atoms. The number of cyclic esters (lactones) is 1. The number of esters is 2. The van der Waals surface area contributed by atoms with Gasteiger partial charge in [-0.1, -0.05) is 72.8 Å². The van der Waals surface area contributed by atoms with Crippen molar-refractivity contribution < 1.29 is 38.4 Å². The van der Waals surface area contributed by atoms with Crippen molar-refractivity contribution in [3.05, 3.63) is 36.0 Å². The van der Waals surface area contributed by atoms with Gasteiger partial charge < -0.3 is 24.1 Å². The Morgan fingerprint density at radius 2 is 1.86 bits per heavy atom. The molecule has 8 nitrogen and oxygen atoms in total. The second kappa shape index (κ2) is 16.1. The van der Waals surface area contributed by atoms with Gasteiger partial charge in [-0.05, 0) is 56.1 Å². The maximum Gasteiger partial charge on any atom is 0.506 e. The van der Waals surface area contributed by atoms with Crippen molar-refractivity contribution in [3.63, 3.8) is 0 Å². The van der Waals surface area contributed by atoms with Gasteiger partial charge in [-0.25, -0.2) is 4.79 Å². The van der Waals surface area contributed by atoms with Crippen LogP contribution < -0.4 is 0 Å². The van der Waals surface area contributed by atoms with Crippen molar-refractivity contribution in [2.75, 3.05) is 0 Å². The van der Waals surface area contributed by atoms with E-state index in [-0.39, 0.29) is 53.9 Å². The Labute approximate surface area is 246 Å². The number of allylic oxidation sites excluding steroid dienone is 3. The Bertz CT molecular complexity index is 987. The summed E-state index contributed by atoms with van der Waals surface area (Å²) in [5, 5.41) is 9.32. The molecular formula is C33H52O8Rf. The Balaban J connectivity index is 0.00000882. The van der Waals surface area contributed by atoms with Gasteiger partial charge in [0.05, 0.1) is 12.2 Å². The van der Waals surface area contributed by atoms with E-state index in [0.717, 1.165) is 31.3 Å². The van der Waals surface area contributed by atoms with Crippen molar-refractivity contribution in [2.45, 2.75) is 125 Å². The number of carbonyl (C=O) groups excluding carboxylic acids is 2. The van der Waals surface area contributed by atoms with Crippen LogP contribution in [0.2, 0.25) is 0 Å². The van der Waals surface area contributed by atoms with Crippen molar-refractivity contribution in [1.29, 1.82) is 0 Å². The maximum absolute atomic E-state index is 12.8. The quantitative estimate of drug-likeness (QED) is 0.0805. The third-order valence-corrected chi connectivity index (χ3v) is 8.42. The first kappa shape index (κ1) is 36.4. The molecule has 9 atom stereocenters. The fraction of sp³-hybridized carbons (Fsp3) is 0.727. The molecular weight excluding hydrogens is 791 g/mol. The van der Waals surface area contributed by atoms with Crippen LogP contribution in [0.3, 0.4) is 0 Å². The normalized spacial score (nSPS) is 31.3. The second-order valence-electron chi connectivity index (χ2n) is 12.9. The van der Waals surface area contributed by atoms with Gasteiger partial charge >= 0.3 is 18.1 Å². The fourth-order valence-corrected chi connectivity index (χ4v) is 5.63. The van der Waals surface area contributed by atoms with Gasteiger partial charge in [-0.15, -0.1) is 0 Å². The molecule has 1 fully saturated rings. The molecule has 9 unspecified atom stereocenters. The summed E-state index contributed by atoms with van der Waals surface area (Å²) in [6, 6.07) is 0. The van der Waals surface area contributed by atoms with Gasteiger partial charge in [0.15, 0.2) is 0 Å². The van der Waals surface area contributed by atoms with E-state index in [1.807, 2.05) is 59.8 Å². The zero-order chi connectivity index (χ0) is 30.9.